The Bertz CT molecular complexity index is 178. The van der Waals surface area contributed by atoms with E-state index >= 15 is 0 Å². The molecule has 0 aromatic rings. The number of hydrogen-bond acceptors (Lipinski definition) is 2. The smallest absolute Gasteiger partial charge is 0.147 e. The lowest BCUT2D eigenvalue weighted by molar-refractivity contribution is 0.0355. The number of terminal acetylenes is 1. The van der Waals surface area contributed by atoms with E-state index in [2.05, 4.69) is 5.92 Å². The van der Waals surface area contributed by atoms with E-state index in [1.165, 1.54) is 0 Å². The van der Waals surface area contributed by atoms with Crippen molar-refractivity contribution < 1.29 is 9.47 Å². The lowest BCUT2D eigenvalue weighted by Gasteiger charge is -2.16. The van der Waals surface area contributed by atoms with Crippen molar-refractivity contribution >= 4 is 0 Å². The first-order chi connectivity index (χ1) is 4.77. The van der Waals surface area contributed by atoms with E-state index in [1.54, 1.807) is 12.3 Å². The Morgan fingerprint density at radius 3 is 3.10 bits per heavy atom. The average molecular weight is 138 g/mol. The Morgan fingerprint density at radius 2 is 2.40 bits per heavy atom. The number of rotatable bonds is 0. The van der Waals surface area contributed by atoms with E-state index in [0.717, 1.165) is 0 Å². The van der Waals surface area contributed by atoms with E-state index < -0.39 is 5.60 Å². The minimum atomic E-state index is -0.573. The van der Waals surface area contributed by atoms with Crippen molar-refractivity contribution in [1.82, 2.24) is 0 Å². The third kappa shape index (κ3) is 1.52. The molecule has 0 spiro atoms. The van der Waals surface area contributed by atoms with E-state index in [-0.39, 0.29) is 0 Å². The fraction of sp³-hybridized carbons (Fsp3) is 0.500. The van der Waals surface area contributed by atoms with E-state index in [9.17, 15) is 0 Å². The van der Waals surface area contributed by atoms with Crippen molar-refractivity contribution in [2.24, 2.45) is 0 Å². The number of hydrogen-bond donors (Lipinski definition) is 0. The summed E-state index contributed by atoms with van der Waals surface area (Å²) >= 11 is 0. The van der Waals surface area contributed by atoms with Gasteiger partial charge in [0.2, 0.25) is 0 Å². The highest BCUT2D eigenvalue weighted by Crippen LogP contribution is 2.12. The van der Waals surface area contributed by atoms with Gasteiger partial charge in [0.25, 0.3) is 0 Å². The standard InChI is InChI=1S/C8H10O2/c1-3-8(2)4-5-9-6-7-10-8/h1,4-5H,6-7H2,2H3/t8-/m1/s1. The molecule has 2 heteroatoms. The van der Waals surface area contributed by atoms with Crippen molar-refractivity contribution in [1.29, 1.82) is 0 Å². The van der Waals surface area contributed by atoms with Crippen LogP contribution >= 0.6 is 0 Å². The lowest BCUT2D eigenvalue weighted by Crippen LogP contribution is -2.23. The molecule has 0 saturated heterocycles. The summed E-state index contributed by atoms with van der Waals surface area (Å²) in [4.78, 5) is 0. The van der Waals surface area contributed by atoms with Crippen LogP contribution in [0.4, 0.5) is 0 Å². The first-order valence-electron chi connectivity index (χ1n) is 3.18. The fourth-order valence-corrected chi connectivity index (χ4v) is 0.686. The molecule has 0 saturated carbocycles. The van der Waals surface area contributed by atoms with Gasteiger partial charge in [0.05, 0.1) is 12.9 Å². The molecule has 1 aliphatic rings. The Labute approximate surface area is 60.8 Å². The molecule has 0 N–H and O–H groups in total. The third-order valence-corrected chi connectivity index (χ3v) is 1.37. The minimum Gasteiger partial charge on any atom is -0.499 e. The normalized spacial score (nSPS) is 32.0. The summed E-state index contributed by atoms with van der Waals surface area (Å²) < 4.78 is 10.3. The SMILES string of the molecule is C#C[C@]1(C)C=COCCO1. The highest BCUT2D eigenvalue weighted by atomic mass is 16.5. The molecule has 0 radical (unpaired) electrons. The van der Waals surface area contributed by atoms with Crippen LogP contribution in [0.5, 0.6) is 0 Å². The van der Waals surface area contributed by atoms with Crippen LogP contribution in [0, 0.1) is 12.3 Å². The molecule has 0 aromatic carbocycles. The van der Waals surface area contributed by atoms with Gasteiger partial charge >= 0.3 is 0 Å². The first-order valence-corrected chi connectivity index (χ1v) is 3.18. The van der Waals surface area contributed by atoms with Gasteiger partial charge in [0.15, 0.2) is 0 Å². The Hall–Kier alpha value is -0.940. The van der Waals surface area contributed by atoms with Crippen molar-refractivity contribution in [3.8, 4) is 12.3 Å². The van der Waals surface area contributed by atoms with Crippen LogP contribution in [0.25, 0.3) is 0 Å². The highest BCUT2D eigenvalue weighted by molar-refractivity contribution is 5.17. The molecule has 0 aliphatic carbocycles. The molecule has 2 nitrogen and oxygen atoms in total. The summed E-state index contributed by atoms with van der Waals surface area (Å²) in [6, 6.07) is 0. The third-order valence-electron chi connectivity index (χ3n) is 1.37. The van der Waals surface area contributed by atoms with Crippen molar-refractivity contribution in [2.75, 3.05) is 13.2 Å². The Kier molecular flexibility index (Phi) is 1.98. The molecule has 0 fully saturated rings. The largest absolute Gasteiger partial charge is 0.499 e. The molecule has 1 heterocycles. The van der Waals surface area contributed by atoms with Crippen LogP contribution in [0.2, 0.25) is 0 Å². The van der Waals surface area contributed by atoms with E-state index in [1.807, 2.05) is 6.92 Å². The van der Waals surface area contributed by atoms with Crippen LogP contribution in [-0.4, -0.2) is 18.8 Å². The molecule has 1 atom stereocenters. The summed E-state index contributed by atoms with van der Waals surface area (Å²) in [5.41, 5.74) is -0.573. The van der Waals surface area contributed by atoms with Gasteiger partial charge in [-0.2, -0.15) is 0 Å². The molecular formula is C8H10O2. The number of ether oxygens (including phenoxy) is 2. The molecule has 0 unspecified atom stereocenters. The maximum atomic E-state index is 5.29. The molecule has 10 heavy (non-hydrogen) atoms. The van der Waals surface area contributed by atoms with Crippen molar-refractivity contribution in [2.45, 2.75) is 12.5 Å². The van der Waals surface area contributed by atoms with Crippen LogP contribution in [0.1, 0.15) is 6.92 Å². The summed E-state index contributed by atoms with van der Waals surface area (Å²) in [6.45, 7) is 2.96. The Balaban J connectivity index is 2.67. The zero-order valence-electron chi connectivity index (χ0n) is 5.96. The second-order valence-electron chi connectivity index (χ2n) is 2.27. The van der Waals surface area contributed by atoms with Gasteiger partial charge in [0.1, 0.15) is 12.2 Å². The van der Waals surface area contributed by atoms with Crippen LogP contribution in [0.15, 0.2) is 12.3 Å². The zero-order valence-corrected chi connectivity index (χ0v) is 5.96. The first kappa shape index (κ1) is 7.17. The molecule has 1 rings (SSSR count). The van der Waals surface area contributed by atoms with E-state index in [0.29, 0.717) is 13.2 Å². The van der Waals surface area contributed by atoms with E-state index in [4.69, 9.17) is 15.9 Å². The maximum Gasteiger partial charge on any atom is 0.147 e. The van der Waals surface area contributed by atoms with Gasteiger partial charge in [-0.3, -0.25) is 0 Å². The van der Waals surface area contributed by atoms with Gasteiger partial charge in [-0.1, -0.05) is 5.92 Å². The summed E-state index contributed by atoms with van der Waals surface area (Å²) in [6.07, 6.45) is 8.55. The van der Waals surface area contributed by atoms with Gasteiger partial charge in [-0.15, -0.1) is 6.42 Å². The predicted octanol–water partition coefficient (Wildman–Crippen LogP) is 0.939. The van der Waals surface area contributed by atoms with Gasteiger partial charge in [-0.05, 0) is 13.0 Å². The molecular weight excluding hydrogens is 128 g/mol. The van der Waals surface area contributed by atoms with Crippen LogP contribution < -0.4 is 0 Å². The molecule has 0 amide bonds. The fourth-order valence-electron chi connectivity index (χ4n) is 0.686. The quantitative estimate of drug-likeness (QED) is 0.464. The summed E-state index contributed by atoms with van der Waals surface area (Å²) in [5.74, 6) is 2.53. The monoisotopic (exact) mass is 138 g/mol. The Morgan fingerprint density at radius 1 is 1.60 bits per heavy atom. The molecule has 54 valence electrons. The lowest BCUT2D eigenvalue weighted by atomic mass is 10.1. The predicted molar refractivity (Wildman–Crippen MR) is 38.3 cm³/mol. The molecule has 1 aliphatic heterocycles. The average Bonchev–Trinajstić information content (AvgIpc) is 2.15. The molecule has 0 bridgehead atoms. The topological polar surface area (TPSA) is 18.5 Å². The van der Waals surface area contributed by atoms with Gasteiger partial charge < -0.3 is 9.47 Å². The maximum absolute atomic E-state index is 5.29. The highest BCUT2D eigenvalue weighted by Gasteiger charge is 2.19. The van der Waals surface area contributed by atoms with Crippen LogP contribution in [0.3, 0.4) is 0 Å². The second-order valence-corrected chi connectivity index (χ2v) is 2.27. The minimum absolute atomic E-state index is 0.549. The summed E-state index contributed by atoms with van der Waals surface area (Å²) in [5, 5.41) is 0. The van der Waals surface area contributed by atoms with Crippen molar-refractivity contribution in [3.63, 3.8) is 0 Å². The summed E-state index contributed by atoms with van der Waals surface area (Å²) in [7, 11) is 0. The zero-order chi connectivity index (χ0) is 7.45. The van der Waals surface area contributed by atoms with Crippen LogP contribution in [-0.2, 0) is 9.47 Å². The van der Waals surface area contributed by atoms with Crippen molar-refractivity contribution in [3.05, 3.63) is 12.3 Å². The molecule has 0 aromatic heterocycles. The second kappa shape index (κ2) is 2.76. The van der Waals surface area contributed by atoms with Gasteiger partial charge in [0, 0.05) is 0 Å². The van der Waals surface area contributed by atoms with Gasteiger partial charge in [-0.25, -0.2) is 0 Å².